The molecule has 9 heteroatoms. The topological polar surface area (TPSA) is 39.2 Å². The van der Waals surface area contributed by atoms with Crippen molar-refractivity contribution in [3.8, 4) is 0 Å². The fourth-order valence-electron chi connectivity index (χ4n) is 1.29. The number of alkyl halides is 5. The smallest absolute Gasteiger partial charge is 0.433 e. The lowest BCUT2D eigenvalue weighted by molar-refractivity contribution is -0.143. The molecule has 1 aromatic rings. The molecule has 0 N–H and O–H groups in total. The minimum absolute atomic E-state index is 0.295. The van der Waals surface area contributed by atoms with Crippen LogP contribution in [0.15, 0.2) is 6.07 Å². The van der Waals surface area contributed by atoms with Gasteiger partial charge in [-0.3, -0.25) is 4.79 Å². The van der Waals surface area contributed by atoms with E-state index >= 15 is 0 Å². The van der Waals surface area contributed by atoms with E-state index in [1.807, 2.05) is 0 Å². The molecule has 1 rings (SSSR count). The molecule has 0 bridgehead atoms. The van der Waals surface area contributed by atoms with Gasteiger partial charge in [0.2, 0.25) is 0 Å². The third kappa shape index (κ3) is 3.76. The maximum absolute atomic E-state index is 12.7. The van der Waals surface area contributed by atoms with E-state index in [4.69, 9.17) is 11.6 Å². The summed E-state index contributed by atoms with van der Waals surface area (Å²) in [6.07, 6.45) is -8.82. The highest BCUT2D eigenvalue weighted by molar-refractivity contribution is 6.31. The molecule has 0 aliphatic rings. The van der Waals surface area contributed by atoms with Crippen LogP contribution >= 0.6 is 11.6 Å². The second kappa shape index (κ2) is 5.68. The first-order valence-corrected chi connectivity index (χ1v) is 5.16. The Morgan fingerprint density at radius 3 is 2.47 bits per heavy atom. The third-order valence-electron chi connectivity index (χ3n) is 2.14. The number of carbonyl (C=O) groups excluding carboxylic acids is 1. The Morgan fingerprint density at radius 1 is 1.47 bits per heavy atom. The first-order valence-electron chi connectivity index (χ1n) is 4.78. The molecular weight excluding hydrogens is 297 g/mol. The summed E-state index contributed by atoms with van der Waals surface area (Å²) in [5.41, 5.74) is -3.09. The molecular formula is C10H7ClF5NO2. The lowest BCUT2D eigenvalue weighted by atomic mass is 10.1. The van der Waals surface area contributed by atoms with Crippen LogP contribution in [0.3, 0.4) is 0 Å². The van der Waals surface area contributed by atoms with Gasteiger partial charge < -0.3 is 4.74 Å². The first-order chi connectivity index (χ1) is 8.66. The van der Waals surface area contributed by atoms with Crippen LogP contribution in [0.25, 0.3) is 0 Å². The lowest BCUT2D eigenvalue weighted by Gasteiger charge is -2.13. The van der Waals surface area contributed by atoms with Gasteiger partial charge in [-0.05, 0) is 6.07 Å². The number of ether oxygens (including phenoxy) is 1. The molecule has 0 saturated heterocycles. The van der Waals surface area contributed by atoms with Crippen molar-refractivity contribution in [2.24, 2.45) is 0 Å². The van der Waals surface area contributed by atoms with Gasteiger partial charge >= 0.3 is 12.1 Å². The Kier molecular flexibility index (Phi) is 4.67. The SMILES string of the molecule is COC(=O)Cc1nc(C(F)(F)F)cc(Cl)c1C(F)F. The fourth-order valence-corrected chi connectivity index (χ4v) is 1.59. The zero-order chi connectivity index (χ0) is 14.8. The molecule has 106 valence electrons. The van der Waals surface area contributed by atoms with E-state index in [0.29, 0.717) is 6.07 Å². The van der Waals surface area contributed by atoms with Gasteiger partial charge in [0.1, 0.15) is 5.69 Å². The van der Waals surface area contributed by atoms with Crippen molar-refractivity contribution < 1.29 is 31.5 Å². The van der Waals surface area contributed by atoms with Crippen LogP contribution in [0.5, 0.6) is 0 Å². The van der Waals surface area contributed by atoms with E-state index in [1.165, 1.54) is 0 Å². The predicted octanol–water partition coefficient (Wildman–Crippen LogP) is 3.41. The van der Waals surface area contributed by atoms with Gasteiger partial charge in [-0.25, -0.2) is 13.8 Å². The van der Waals surface area contributed by atoms with Crippen molar-refractivity contribution in [1.29, 1.82) is 0 Å². The predicted molar refractivity (Wildman–Crippen MR) is 54.9 cm³/mol. The number of hydrogen-bond donors (Lipinski definition) is 0. The lowest BCUT2D eigenvalue weighted by Crippen LogP contribution is -2.15. The molecule has 0 atom stereocenters. The summed E-state index contributed by atoms with van der Waals surface area (Å²) >= 11 is 5.39. The summed E-state index contributed by atoms with van der Waals surface area (Å²) in [4.78, 5) is 14.0. The average Bonchev–Trinajstić information content (AvgIpc) is 2.26. The largest absolute Gasteiger partial charge is 0.469 e. The van der Waals surface area contributed by atoms with E-state index in [-0.39, 0.29) is 0 Å². The molecule has 0 aliphatic heterocycles. The number of esters is 1. The Hall–Kier alpha value is -1.44. The van der Waals surface area contributed by atoms with E-state index in [2.05, 4.69) is 9.72 Å². The maximum Gasteiger partial charge on any atom is 0.433 e. The maximum atomic E-state index is 12.7. The van der Waals surface area contributed by atoms with Crippen LogP contribution in [0.2, 0.25) is 5.02 Å². The van der Waals surface area contributed by atoms with Gasteiger partial charge in [0.25, 0.3) is 6.43 Å². The number of aromatic nitrogens is 1. The Labute approximate surface area is 109 Å². The molecule has 3 nitrogen and oxygen atoms in total. The standard InChI is InChI=1S/C10H7ClF5NO2/c1-19-7(18)3-5-8(9(12)13)4(11)2-6(17-5)10(14,15)16/h2,9H,3H2,1H3. The van der Waals surface area contributed by atoms with Gasteiger partial charge in [-0.2, -0.15) is 13.2 Å². The van der Waals surface area contributed by atoms with Crippen LogP contribution in [0.1, 0.15) is 23.4 Å². The van der Waals surface area contributed by atoms with Crippen LogP contribution in [0, 0.1) is 0 Å². The molecule has 0 fully saturated rings. The van der Waals surface area contributed by atoms with Crippen LogP contribution in [0.4, 0.5) is 22.0 Å². The average molecular weight is 304 g/mol. The number of nitrogens with zero attached hydrogens (tertiary/aromatic N) is 1. The molecule has 0 saturated carbocycles. The zero-order valence-corrected chi connectivity index (χ0v) is 10.1. The van der Waals surface area contributed by atoms with Crippen molar-refractivity contribution >= 4 is 17.6 Å². The number of carbonyl (C=O) groups is 1. The molecule has 0 amide bonds. The molecule has 1 heterocycles. The van der Waals surface area contributed by atoms with Gasteiger partial charge in [0, 0.05) is 0 Å². The van der Waals surface area contributed by atoms with Crippen LogP contribution < -0.4 is 0 Å². The first kappa shape index (κ1) is 15.6. The minimum atomic E-state index is -4.85. The summed E-state index contributed by atoms with van der Waals surface area (Å²) in [5, 5.41) is -0.795. The summed E-state index contributed by atoms with van der Waals surface area (Å²) in [6.45, 7) is 0. The molecule has 0 spiro atoms. The Balaban J connectivity index is 3.37. The Morgan fingerprint density at radius 2 is 2.05 bits per heavy atom. The van der Waals surface area contributed by atoms with Crippen LogP contribution in [-0.4, -0.2) is 18.1 Å². The summed E-state index contributed by atoms with van der Waals surface area (Å²) < 4.78 is 67.1. The highest BCUT2D eigenvalue weighted by Gasteiger charge is 2.35. The molecule has 0 aliphatic carbocycles. The second-order valence-corrected chi connectivity index (χ2v) is 3.81. The zero-order valence-electron chi connectivity index (χ0n) is 9.39. The minimum Gasteiger partial charge on any atom is -0.469 e. The number of halogens is 6. The van der Waals surface area contributed by atoms with Crippen molar-refractivity contribution in [1.82, 2.24) is 4.98 Å². The van der Waals surface area contributed by atoms with E-state index in [1.54, 1.807) is 0 Å². The second-order valence-electron chi connectivity index (χ2n) is 3.40. The summed E-state index contributed by atoms with van der Waals surface area (Å²) in [6, 6.07) is 0.295. The molecule has 0 aromatic carbocycles. The number of rotatable bonds is 3. The van der Waals surface area contributed by atoms with Gasteiger partial charge in [-0.1, -0.05) is 11.6 Å². The van der Waals surface area contributed by atoms with E-state index in [9.17, 15) is 26.7 Å². The van der Waals surface area contributed by atoms with Crippen molar-refractivity contribution in [2.75, 3.05) is 7.11 Å². The molecule has 0 radical (unpaired) electrons. The number of methoxy groups -OCH3 is 1. The highest BCUT2D eigenvalue weighted by Crippen LogP contribution is 2.35. The highest BCUT2D eigenvalue weighted by atomic mass is 35.5. The monoisotopic (exact) mass is 303 g/mol. The van der Waals surface area contributed by atoms with Crippen LogP contribution in [-0.2, 0) is 22.1 Å². The number of hydrogen-bond acceptors (Lipinski definition) is 3. The van der Waals surface area contributed by atoms with Gasteiger partial charge in [0.05, 0.1) is 29.8 Å². The molecule has 19 heavy (non-hydrogen) atoms. The fraction of sp³-hybridized carbons (Fsp3) is 0.400. The number of pyridine rings is 1. The van der Waals surface area contributed by atoms with Crippen molar-refractivity contribution in [3.63, 3.8) is 0 Å². The third-order valence-corrected chi connectivity index (χ3v) is 2.45. The quantitative estimate of drug-likeness (QED) is 0.634. The van der Waals surface area contributed by atoms with E-state index in [0.717, 1.165) is 7.11 Å². The normalized spacial score (nSPS) is 11.8. The summed E-state index contributed by atoms with van der Waals surface area (Å²) in [5.74, 6) is -0.996. The summed E-state index contributed by atoms with van der Waals surface area (Å²) in [7, 11) is 0.972. The van der Waals surface area contributed by atoms with Crippen molar-refractivity contribution in [2.45, 2.75) is 19.0 Å². The van der Waals surface area contributed by atoms with E-state index < -0.39 is 47.0 Å². The molecule has 1 aromatic heterocycles. The van der Waals surface area contributed by atoms with Gasteiger partial charge in [0.15, 0.2) is 0 Å². The molecule has 0 unspecified atom stereocenters. The Bertz CT molecular complexity index is 490. The van der Waals surface area contributed by atoms with Crippen molar-refractivity contribution in [3.05, 3.63) is 28.0 Å². The van der Waals surface area contributed by atoms with Gasteiger partial charge in [-0.15, -0.1) is 0 Å².